The van der Waals surface area contributed by atoms with E-state index in [9.17, 15) is 14.4 Å². The summed E-state index contributed by atoms with van der Waals surface area (Å²) in [7, 11) is 1.71. The first-order chi connectivity index (χ1) is 12.8. The number of rotatable bonds is 4. The van der Waals surface area contributed by atoms with Crippen molar-refractivity contribution < 1.29 is 14.4 Å². The predicted octanol–water partition coefficient (Wildman–Crippen LogP) is 2.91. The van der Waals surface area contributed by atoms with Crippen molar-refractivity contribution in [2.75, 3.05) is 13.6 Å². The number of carbonyl (C=O) groups is 3. The Hall–Kier alpha value is -2.37. The Bertz CT molecular complexity index is 751. The normalized spacial score (nSPS) is 19.1. The maximum absolute atomic E-state index is 12.9. The molecule has 0 bridgehead atoms. The highest BCUT2D eigenvalue weighted by Crippen LogP contribution is 2.32. The van der Waals surface area contributed by atoms with E-state index >= 15 is 0 Å². The first kappa shape index (κ1) is 19.4. The van der Waals surface area contributed by atoms with Crippen LogP contribution < -0.4 is 5.32 Å². The molecule has 0 radical (unpaired) electrons. The van der Waals surface area contributed by atoms with Gasteiger partial charge in [-0.05, 0) is 37.8 Å². The maximum Gasteiger partial charge on any atom is 0.325 e. The van der Waals surface area contributed by atoms with E-state index in [1.807, 2.05) is 26.0 Å². The third kappa shape index (κ3) is 3.99. The molecule has 1 heterocycles. The molecular formula is C21H29N3O3. The van der Waals surface area contributed by atoms with Crippen LogP contribution in [0, 0.1) is 13.8 Å². The van der Waals surface area contributed by atoms with Crippen molar-refractivity contribution in [3.8, 4) is 0 Å². The van der Waals surface area contributed by atoms with Crippen LogP contribution in [0.4, 0.5) is 4.79 Å². The Kier molecular flexibility index (Phi) is 5.53. The van der Waals surface area contributed by atoms with Crippen LogP contribution >= 0.6 is 0 Å². The van der Waals surface area contributed by atoms with E-state index in [2.05, 4.69) is 11.4 Å². The molecule has 1 aliphatic heterocycles. The fraction of sp³-hybridized carbons (Fsp3) is 0.571. The van der Waals surface area contributed by atoms with Gasteiger partial charge in [-0.25, -0.2) is 4.79 Å². The van der Waals surface area contributed by atoms with Gasteiger partial charge in [-0.15, -0.1) is 0 Å². The number of amides is 4. The number of hydrogen-bond donors (Lipinski definition) is 1. The third-order valence-electron chi connectivity index (χ3n) is 5.83. The van der Waals surface area contributed by atoms with Crippen LogP contribution in [-0.4, -0.2) is 46.8 Å². The number of aryl methyl sites for hydroxylation is 2. The summed E-state index contributed by atoms with van der Waals surface area (Å²) in [6, 6.07) is 5.69. The lowest BCUT2D eigenvalue weighted by molar-refractivity contribution is -0.138. The lowest BCUT2D eigenvalue weighted by atomic mass is 9.90. The van der Waals surface area contributed by atoms with Crippen molar-refractivity contribution in [2.45, 2.75) is 64.5 Å². The van der Waals surface area contributed by atoms with E-state index < -0.39 is 11.6 Å². The second-order valence-corrected chi connectivity index (χ2v) is 8.00. The van der Waals surface area contributed by atoms with E-state index in [4.69, 9.17) is 0 Å². The second kappa shape index (κ2) is 7.71. The zero-order valence-corrected chi connectivity index (χ0v) is 16.5. The van der Waals surface area contributed by atoms with Crippen molar-refractivity contribution in [3.05, 3.63) is 34.9 Å². The molecule has 1 aromatic rings. The molecule has 1 spiro atoms. The molecule has 2 aliphatic rings. The van der Waals surface area contributed by atoms with Crippen LogP contribution in [0.2, 0.25) is 0 Å². The van der Waals surface area contributed by atoms with Crippen LogP contribution in [0.5, 0.6) is 0 Å². The molecule has 1 saturated carbocycles. The van der Waals surface area contributed by atoms with Gasteiger partial charge in [0.1, 0.15) is 12.1 Å². The van der Waals surface area contributed by atoms with Gasteiger partial charge in [-0.3, -0.25) is 14.5 Å². The van der Waals surface area contributed by atoms with Gasteiger partial charge in [-0.2, -0.15) is 0 Å². The molecule has 0 aromatic heterocycles. The summed E-state index contributed by atoms with van der Waals surface area (Å²) in [6.07, 6.45) is 5.37. The van der Waals surface area contributed by atoms with Crippen molar-refractivity contribution in [1.82, 2.24) is 15.1 Å². The van der Waals surface area contributed by atoms with Crippen LogP contribution in [0.15, 0.2) is 18.2 Å². The zero-order valence-electron chi connectivity index (χ0n) is 16.5. The minimum Gasteiger partial charge on any atom is -0.340 e. The van der Waals surface area contributed by atoms with E-state index in [0.717, 1.165) is 41.7 Å². The minimum atomic E-state index is -0.792. The van der Waals surface area contributed by atoms with Gasteiger partial charge in [0.15, 0.2) is 0 Å². The summed E-state index contributed by atoms with van der Waals surface area (Å²) >= 11 is 0. The van der Waals surface area contributed by atoms with Gasteiger partial charge in [0.25, 0.3) is 5.91 Å². The number of nitrogens with zero attached hydrogens (tertiary/aromatic N) is 2. The van der Waals surface area contributed by atoms with E-state index in [1.165, 1.54) is 5.56 Å². The Balaban J connectivity index is 1.66. The fourth-order valence-electron chi connectivity index (χ4n) is 4.11. The molecule has 1 saturated heterocycles. The molecule has 27 heavy (non-hydrogen) atoms. The number of carbonyl (C=O) groups excluding carboxylic acids is 3. The summed E-state index contributed by atoms with van der Waals surface area (Å²) in [5, 5.41) is 2.89. The smallest absolute Gasteiger partial charge is 0.325 e. The Morgan fingerprint density at radius 2 is 1.81 bits per heavy atom. The van der Waals surface area contributed by atoms with Gasteiger partial charge in [-0.1, -0.05) is 49.4 Å². The number of urea groups is 1. The predicted molar refractivity (Wildman–Crippen MR) is 103 cm³/mol. The number of benzene rings is 1. The molecule has 4 amide bonds. The maximum atomic E-state index is 12.9. The molecule has 146 valence electrons. The van der Waals surface area contributed by atoms with Crippen LogP contribution in [0.1, 0.15) is 55.2 Å². The lowest BCUT2D eigenvalue weighted by Gasteiger charge is -2.25. The second-order valence-electron chi connectivity index (χ2n) is 8.00. The summed E-state index contributed by atoms with van der Waals surface area (Å²) in [5.41, 5.74) is 2.58. The van der Waals surface area contributed by atoms with Crippen molar-refractivity contribution in [3.63, 3.8) is 0 Å². The van der Waals surface area contributed by atoms with Crippen molar-refractivity contribution >= 4 is 17.8 Å². The van der Waals surface area contributed by atoms with Crippen molar-refractivity contribution in [1.29, 1.82) is 0 Å². The molecule has 0 unspecified atom stereocenters. The highest BCUT2D eigenvalue weighted by molar-refractivity contribution is 6.09. The topological polar surface area (TPSA) is 69.7 Å². The van der Waals surface area contributed by atoms with Crippen LogP contribution in [0.3, 0.4) is 0 Å². The molecule has 3 rings (SSSR count). The molecular weight excluding hydrogens is 342 g/mol. The molecule has 1 N–H and O–H groups in total. The number of imide groups is 1. The Morgan fingerprint density at radius 3 is 2.44 bits per heavy atom. The summed E-state index contributed by atoms with van der Waals surface area (Å²) in [6.45, 7) is 4.31. The molecule has 1 aromatic carbocycles. The van der Waals surface area contributed by atoms with Gasteiger partial charge in [0.2, 0.25) is 5.91 Å². The first-order valence-electron chi connectivity index (χ1n) is 9.77. The first-order valence-corrected chi connectivity index (χ1v) is 9.77. The summed E-state index contributed by atoms with van der Waals surface area (Å²) in [5.74, 6) is -0.466. The Morgan fingerprint density at radius 1 is 1.15 bits per heavy atom. The largest absolute Gasteiger partial charge is 0.340 e. The van der Waals surface area contributed by atoms with E-state index in [1.54, 1.807) is 11.9 Å². The zero-order chi connectivity index (χ0) is 19.6. The van der Waals surface area contributed by atoms with Gasteiger partial charge in [0.05, 0.1) is 0 Å². The van der Waals surface area contributed by atoms with E-state index in [-0.39, 0.29) is 18.4 Å². The fourth-order valence-corrected chi connectivity index (χ4v) is 4.11. The monoisotopic (exact) mass is 371 g/mol. The van der Waals surface area contributed by atoms with Crippen molar-refractivity contribution in [2.24, 2.45) is 0 Å². The van der Waals surface area contributed by atoms with Gasteiger partial charge >= 0.3 is 6.03 Å². The molecule has 6 nitrogen and oxygen atoms in total. The molecule has 0 atom stereocenters. The van der Waals surface area contributed by atoms with Crippen LogP contribution in [-0.2, 0) is 16.1 Å². The van der Waals surface area contributed by atoms with E-state index in [0.29, 0.717) is 19.4 Å². The number of nitrogens with one attached hydrogen (secondary N) is 1. The molecule has 6 heteroatoms. The quantitative estimate of drug-likeness (QED) is 0.828. The lowest BCUT2D eigenvalue weighted by Crippen LogP contribution is -2.47. The molecule has 2 fully saturated rings. The number of hydrogen-bond acceptors (Lipinski definition) is 3. The standard InChI is InChI=1S/C21H29N3O3/c1-15-8-9-17(16(2)12-15)13-23(3)18(25)14-24-19(26)21(22-20(24)27)10-6-4-5-7-11-21/h8-9,12H,4-7,10-11,13-14H2,1-3H3,(H,22,27). The Labute approximate surface area is 160 Å². The third-order valence-corrected chi connectivity index (χ3v) is 5.83. The average Bonchev–Trinajstić information content (AvgIpc) is 2.79. The highest BCUT2D eigenvalue weighted by Gasteiger charge is 2.51. The summed E-state index contributed by atoms with van der Waals surface area (Å²) < 4.78 is 0. The average molecular weight is 371 g/mol. The number of likely N-dealkylation sites (N-methyl/N-ethyl adjacent to an activating group) is 1. The minimum absolute atomic E-state index is 0.201. The highest BCUT2D eigenvalue weighted by atomic mass is 16.2. The SMILES string of the molecule is Cc1ccc(CN(C)C(=O)CN2C(=O)NC3(CCCCCC3)C2=O)c(C)c1. The molecule has 1 aliphatic carbocycles. The summed E-state index contributed by atoms with van der Waals surface area (Å²) in [4.78, 5) is 40.7. The van der Waals surface area contributed by atoms with Gasteiger partial charge in [0, 0.05) is 13.6 Å². The van der Waals surface area contributed by atoms with Crippen LogP contribution in [0.25, 0.3) is 0 Å². The van der Waals surface area contributed by atoms with Gasteiger partial charge < -0.3 is 10.2 Å².